The maximum absolute atomic E-state index is 12.5. The van der Waals surface area contributed by atoms with Crippen molar-refractivity contribution < 1.29 is 18.8 Å². The van der Waals surface area contributed by atoms with E-state index in [9.17, 15) is 9.00 Å². The molecular formula is C15H13BrO4S. The first kappa shape index (κ1) is 15.7. The Hall–Kier alpha value is -1.66. The highest BCUT2D eigenvalue weighted by Gasteiger charge is 2.13. The zero-order chi connectivity index (χ0) is 15.4. The molecule has 0 aliphatic heterocycles. The van der Waals surface area contributed by atoms with Gasteiger partial charge in [-0.2, -0.15) is 0 Å². The number of ether oxygens (including phenoxy) is 1. The second-order valence-electron chi connectivity index (χ2n) is 4.25. The number of carboxylic acids is 1. The minimum atomic E-state index is -1.28. The number of carbonyl (C=O) groups is 1. The molecule has 0 radical (unpaired) electrons. The minimum absolute atomic E-state index is 0.189. The Labute approximate surface area is 133 Å². The quantitative estimate of drug-likeness (QED) is 0.877. The van der Waals surface area contributed by atoms with Crippen LogP contribution in [0.4, 0.5) is 0 Å². The van der Waals surface area contributed by atoms with Gasteiger partial charge >= 0.3 is 5.97 Å². The lowest BCUT2D eigenvalue weighted by molar-refractivity contribution is 0.0697. The van der Waals surface area contributed by atoms with E-state index in [-0.39, 0.29) is 11.3 Å². The van der Waals surface area contributed by atoms with Gasteiger partial charge in [-0.25, -0.2) is 4.79 Å². The molecule has 2 rings (SSSR count). The summed E-state index contributed by atoms with van der Waals surface area (Å²) in [5.74, 6) is -0.136. The molecule has 2 aromatic carbocycles. The first-order valence-corrected chi connectivity index (χ1v) is 8.17. The van der Waals surface area contributed by atoms with Crippen LogP contribution in [0.1, 0.15) is 15.9 Å². The third-order valence-corrected chi connectivity index (χ3v) is 5.04. The predicted molar refractivity (Wildman–Crippen MR) is 84.2 cm³/mol. The number of rotatable bonds is 5. The van der Waals surface area contributed by atoms with Gasteiger partial charge < -0.3 is 9.84 Å². The molecule has 0 fully saturated rings. The molecule has 0 aromatic heterocycles. The van der Waals surface area contributed by atoms with Crippen molar-refractivity contribution in [1.82, 2.24) is 0 Å². The highest BCUT2D eigenvalue weighted by atomic mass is 79.9. The van der Waals surface area contributed by atoms with E-state index in [1.807, 2.05) is 6.07 Å². The predicted octanol–water partition coefficient (Wildman–Crippen LogP) is 3.46. The van der Waals surface area contributed by atoms with Crippen LogP contribution in [0.25, 0.3) is 0 Å². The van der Waals surface area contributed by atoms with Crippen molar-refractivity contribution in [2.75, 3.05) is 7.11 Å². The minimum Gasteiger partial charge on any atom is -0.495 e. The first-order chi connectivity index (χ1) is 10.0. The number of aromatic carboxylic acids is 1. The summed E-state index contributed by atoms with van der Waals surface area (Å²) in [4.78, 5) is 11.5. The highest BCUT2D eigenvalue weighted by molar-refractivity contribution is 9.10. The number of para-hydroxylation sites is 1. The molecule has 4 nitrogen and oxygen atoms in total. The van der Waals surface area contributed by atoms with Crippen molar-refractivity contribution in [2.45, 2.75) is 10.6 Å². The van der Waals surface area contributed by atoms with Gasteiger partial charge in [-0.05, 0) is 29.8 Å². The van der Waals surface area contributed by atoms with Gasteiger partial charge in [-0.15, -0.1) is 0 Å². The van der Waals surface area contributed by atoms with Gasteiger partial charge in [0.2, 0.25) is 0 Å². The molecule has 0 bridgehead atoms. The fraction of sp³-hybridized carbons (Fsp3) is 0.133. The van der Waals surface area contributed by atoms with E-state index in [4.69, 9.17) is 9.84 Å². The molecule has 0 spiro atoms. The molecule has 1 unspecified atom stereocenters. The summed E-state index contributed by atoms with van der Waals surface area (Å²) in [5.41, 5.74) is 0.970. The molecule has 0 aliphatic rings. The Kier molecular flexibility index (Phi) is 5.14. The molecule has 0 aliphatic carbocycles. The lowest BCUT2D eigenvalue weighted by Crippen LogP contribution is -2.02. The van der Waals surface area contributed by atoms with Gasteiger partial charge in [-0.3, -0.25) is 4.21 Å². The van der Waals surface area contributed by atoms with Gasteiger partial charge in [0.25, 0.3) is 0 Å². The monoisotopic (exact) mass is 368 g/mol. The van der Waals surface area contributed by atoms with Crippen molar-refractivity contribution in [1.29, 1.82) is 0 Å². The van der Waals surface area contributed by atoms with Crippen molar-refractivity contribution in [3.8, 4) is 5.75 Å². The van der Waals surface area contributed by atoms with Crippen LogP contribution >= 0.6 is 15.9 Å². The molecule has 1 atom stereocenters. The molecular weight excluding hydrogens is 356 g/mol. The fourth-order valence-electron chi connectivity index (χ4n) is 1.82. The maximum atomic E-state index is 12.5. The second kappa shape index (κ2) is 6.87. The summed E-state index contributed by atoms with van der Waals surface area (Å²) < 4.78 is 18.3. The molecule has 0 saturated carbocycles. The van der Waals surface area contributed by atoms with Crippen molar-refractivity contribution in [3.63, 3.8) is 0 Å². The van der Waals surface area contributed by atoms with Gasteiger partial charge in [0, 0.05) is 4.47 Å². The van der Waals surface area contributed by atoms with Crippen LogP contribution in [0, 0.1) is 0 Å². The second-order valence-corrected chi connectivity index (χ2v) is 6.53. The Morgan fingerprint density at radius 2 is 2.00 bits per heavy atom. The molecule has 6 heteroatoms. The van der Waals surface area contributed by atoms with Crippen LogP contribution in [-0.2, 0) is 16.6 Å². The zero-order valence-corrected chi connectivity index (χ0v) is 13.6. The zero-order valence-electron chi connectivity index (χ0n) is 11.2. The fourth-order valence-corrected chi connectivity index (χ4v) is 3.82. The van der Waals surface area contributed by atoms with Crippen LogP contribution in [0.15, 0.2) is 51.8 Å². The standard InChI is InChI=1S/C15H13BrO4S/c1-20-13-4-2-3-5-14(13)21(19)9-11-7-6-10(15(17)18)8-12(11)16/h2-8H,9H2,1H3,(H,17,18). The maximum Gasteiger partial charge on any atom is 0.335 e. The number of hydrogen-bond donors (Lipinski definition) is 1. The van der Waals surface area contributed by atoms with Crippen LogP contribution in [-0.4, -0.2) is 22.4 Å². The molecule has 110 valence electrons. The third kappa shape index (κ3) is 3.71. The summed E-state index contributed by atoms with van der Waals surface area (Å²) in [7, 11) is 0.259. The molecule has 0 heterocycles. The highest BCUT2D eigenvalue weighted by Crippen LogP contribution is 2.26. The lowest BCUT2D eigenvalue weighted by atomic mass is 10.1. The molecule has 1 N–H and O–H groups in total. The molecule has 0 saturated heterocycles. The number of carboxylic acid groups (broad SMARTS) is 1. The Bertz CT molecular complexity index is 700. The molecule has 0 amide bonds. The van der Waals surface area contributed by atoms with Gasteiger partial charge in [-0.1, -0.05) is 34.1 Å². The Morgan fingerprint density at radius 1 is 1.29 bits per heavy atom. The Balaban J connectivity index is 2.26. The SMILES string of the molecule is COc1ccccc1S(=O)Cc1ccc(C(=O)O)cc1Br. The van der Waals surface area contributed by atoms with E-state index in [1.165, 1.54) is 19.2 Å². The summed E-state index contributed by atoms with van der Waals surface area (Å²) in [6, 6.07) is 11.8. The van der Waals surface area contributed by atoms with E-state index in [0.29, 0.717) is 15.1 Å². The first-order valence-electron chi connectivity index (χ1n) is 6.06. The van der Waals surface area contributed by atoms with Gasteiger partial charge in [0.15, 0.2) is 0 Å². The van der Waals surface area contributed by atoms with Crippen molar-refractivity contribution >= 4 is 32.7 Å². The van der Waals surface area contributed by atoms with E-state index < -0.39 is 16.8 Å². The van der Waals surface area contributed by atoms with Gasteiger partial charge in [0.1, 0.15) is 5.75 Å². The van der Waals surface area contributed by atoms with E-state index in [1.54, 1.807) is 24.3 Å². The summed E-state index contributed by atoms with van der Waals surface area (Å²) >= 11 is 3.32. The van der Waals surface area contributed by atoms with Crippen molar-refractivity contribution in [2.24, 2.45) is 0 Å². The van der Waals surface area contributed by atoms with Crippen LogP contribution in [0.3, 0.4) is 0 Å². The van der Waals surface area contributed by atoms with E-state index >= 15 is 0 Å². The summed E-state index contributed by atoms with van der Waals surface area (Å²) in [5, 5.41) is 8.93. The van der Waals surface area contributed by atoms with E-state index in [0.717, 1.165) is 5.56 Å². The molecule has 21 heavy (non-hydrogen) atoms. The average molecular weight is 369 g/mol. The van der Waals surface area contributed by atoms with Crippen LogP contribution in [0.5, 0.6) is 5.75 Å². The van der Waals surface area contributed by atoms with Gasteiger partial charge in [0.05, 0.1) is 34.1 Å². The van der Waals surface area contributed by atoms with Crippen LogP contribution < -0.4 is 4.74 Å². The number of methoxy groups -OCH3 is 1. The normalized spacial score (nSPS) is 11.9. The number of halogens is 1. The largest absolute Gasteiger partial charge is 0.495 e. The lowest BCUT2D eigenvalue weighted by Gasteiger charge is -2.09. The molecule has 2 aromatic rings. The van der Waals surface area contributed by atoms with Crippen LogP contribution in [0.2, 0.25) is 0 Å². The number of benzene rings is 2. The summed E-state index contributed by atoms with van der Waals surface area (Å²) in [6.07, 6.45) is 0. The Morgan fingerprint density at radius 3 is 2.62 bits per heavy atom. The topological polar surface area (TPSA) is 63.6 Å². The summed E-state index contributed by atoms with van der Waals surface area (Å²) in [6.45, 7) is 0. The van der Waals surface area contributed by atoms with E-state index in [2.05, 4.69) is 15.9 Å². The smallest absolute Gasteiger partial charge is 0.335 e. The number of hydrogen-bond acceptors (Lipinski definition) is 3. The third-order valence-electron chi connectivity index (χ3n) is 2.90. The van der Waals surface area contributed by atoms with Crippen molar-refractivity contribution in [3.05, 3.63) is 58.1 Å². The average Bonchev–Trinajstić information content (AvgIpc) is 2.48.